The van der Waals surface area contributed by atoms with Crippen LogP contribution in [0.25, 0.3) is 11.0 Å². The summed E-state index contributed by atoms with van der Waals surface area (Å²) in [5.74, 6) is 0.923. The Kier molecular flexibility index (Phi) is 5.73. The third-order valence-corrected chi connectivity index (χ3v) is 4.90. The number of hydrogen-bond donors (Lipinski definition) is 1. The van der Waals surface area contributed by atoms with Gasteiger partial charge in [-0.05, 0) is 12.1 Å². The molecule has 1 unspecified atom stereocenters. The first kappa shape index (κ1) is 19.9. The van der Waals surface area contributed by atoms with Crippen molar-refractivity contribution in [1.29, 1.82) is 0 Å². The Morgan fingerprint density at radius 2 is 1.96 bits per heavy atom. The number of imidazole rings is 1. The predicted octanol–water partition coefficient (Wildman–Crippen LogP) is 3.22. The minimum Gasteiger partial charge on any atom is -0.492 e. The van der Waals surface area contributed by atoms with Gasteiger partial charge in [-0.3, -0.25) is 9.19 Å². The van der Waals surface area contributed by atoms with Gasteiger partial charge in [-0.1, -0.05) is 0 Å². The number of ether oxygens (including phenoxy) is 3. The Balaban J connectivity index is 1.81. The summed E-state index contributed by atoms with van der Waals surface area (Å²) in [6.45, 7) is -1.39. The molecule has 3 rings (SSSR count). The Morgan fingerprint density at radius 1 is 1.18 bits per heavy atom. The zero-order valence-corrected chi connectivity index (χ0v) is 15.7. The van der Waals surface area contributed by atoms with Crippen molar-refractivity contribution in [2.45, 2.75) is 17.1 Å². The number of rotatable bonds is 7. The van der Waals surface area contributed by atoms with E-state index in [0.29, 0.717) is 28.1 Å². The Hall–Kier alpha value is -2.82. The number of H-pyrrole nitrogens is 1. The lowest BCUT2D eigenvalue weighted by Gasteiger charge is -2.10. The van der Waals surface area contributed by atoms with Gasteiger partial charge in [0.1, 0.15) is 5.75 Å². The summed E-state index contributed by atoms with van der Waals surface area (Å²) in [7, 11) is 1.36. The Morgan fingerprint density at radius 3 is 2.64 bits per heavy atom. The molecule has 0 saturated heterocycles. The average Bonchev–Trinajstić information content (AvgIpc) is 3.09. The summed E-state index contributed by atoms with van der Waals surface area (Å²) in [6.07, 6.45) is -1.43. The van der Waals surface area contributed by atoms with Crippen LogP contribution in [0.1, 0.15) is 5.56 Å². The molecule has 28 heavy (non-hydrogen) atoms. The smallest absolute Gasteiger partial charge is 0.422 e. The quantitative estimate of drug-likeness (QED) is 0.638. The van der Waals surface area contributed by atoms with Crippen molar-refractivity contribution in [2.24, 2.45) is 0 Å². The lowest BCUT2D eigenvalue weighted by molar-refractivity contribution is -0.153. The molecule has 2 aromatic heterocycles. The fraction of sp³-hybridized carbons (Fsp3) is 0.294. The van der Waals surface area contributed by atoms with E-state index in [1.165, 1.54) is 44.8 Å². The molecule has 0 bridgehead atoms. The normalized spacial score (nSPS) is 12.8. The van der Waals surface area contributed by atoms with Crippen LogP contribution >= 0.6 is 0 Å². The van der Waals surface area contributed by atoms with Crippen LogP contribution in [0.15, 0.2) is 35.7 Å². The second kappa shape index (κ2) is 8.05. The van der Waals surface area contributed by atoms with Gasteiger partial charge in [-0.2, -0.15) is 13.2 Å². The van der Waals surface area contributed by atoms with Gasteiger partial charge in [0.05, 0.1) is 48.0 Å². The summed E-state index contributed by atoms with van der Waals surface area (Å²) in [6, 6.07) is 4.24. The van der Waals surface area contributed by atoms with Gasteiger partial charge in [0.25, 0.3) is 0 Å². The number of pyridine rings is 1. The number of nitrogens with zero attached hydrogens (tertiary/aromatic N) is 2. The van der Waals surface area contributed by atoms with E-state index in [0.717, 1.165) is 0 Å². The second-order valence-electron chi connectivity index (χ2n) is 5.65. The SMILES string of the molecule is COc1cncc(CS(=O)c2nc3ccc(OCC(F)(F)F)cc3[nH]2)c1OC. The molecule has 1 aromatic carbocycles. The zero-order valence-electron chi connectivity index (χ0n) is 14.9. The first-order valence-electron chi connectivity index (χ1n) is 7.93. The molecule has 1 N–H and O–H groups in total. The van der Waals surface area contributed by atoms with Crippen molar-refractivity contribution >= 4 is 21.8 Å². The zero-order chi connectivity index (χ0) is 20.3. The van der Waals surface area contributed by atoms with E-state index >= 15 is 0 Å². The van der Waals surface area contributed by atoms with E-state index in [4.69, 9.17) is 14.2 Å². The van der Waals surface area contributed by atoms with E-state index in [-0.39, 0.29) is 16.7 Å². The Bertz CT molecular complexity index is 1010. The van der Waals surface area contributed by atoms with Gasteiger partial charge >= 0.3 is 6.18 Å². The molecule has 7 nitrogen and oxygen atoms in total. The molecule has 0 amide bonds. The summed E-state index contributed by atoms with van der Waals surface area (Å²) in [4.78, 5) is 11.1. The number of aromatic amines is 1. The minimum atomic E-state index is -4.43. The average molecular weight is 415 g/mol. The first-order chi connectivity index (χ1) is 13.3. The number of fused-ring (bicyclic) bond motifs is 1. The van der Waals surface area contributed by atoms with Crippen molar-refractivity contribution in [3.05, 3.63) is 36.2 Å². The fourth-order valence-corrected chi connectivity index (χ4v) is 3.54. The molecule has 3 aromatic rings. The molecule has 0 aliphatic carbocycles. The highest BCUT2D eigenvalue weighted by Gasteiger charge is 2.28. The molecule has 0 saturated carbocycles. The topological polar surface area (TPSA) is 86.3 Å². The van der Waals surface area contributed by atoms with Crippen LogP contribution in [0.4, 0.5) is 13.2 Å². The summed E-state index contributed by atoms with van der Waals surface area (Å²) in [5.41, 5.74) is 1.44. The number of benzene rings is 1. The highest BCUT2D eigenvalue weighted by Crippen LogP contribution is 2.31. The van der Waals surface area contributed by atoms with Gasteiger partial charge in [-0.25, -0.2) is 4.98 Å². The van der Waals surface area contributed by atoms with Crippen molar-refractivity contribution in [3.63, 3.8) is 0 Å². The van der Waals surface area contributed by atoms with Crippen LogP contribution in [0.3, 0.4) is 0 Å². The second-order valence-corrected chi connectivity index (χ2v) is 7.02. The third kappa shape index (κ3) is 4.53. The van der Waals surface area contributed by atoms with Crippen LogP contribution in [0.2, 0.25) is 0 Å². The van der Waals surface area contributed by atoms with Gasteiger partial charge < -0.3 is 19.2 Å². The summed E-state index contributed by atoms with van der Waals surface area (Å²) in [5, 5.41) is 0.174. The summed E-state index contributed by atoms with van der Waals surface area (Å²) >= 11 is 0. The van der Waals surface area contributed by atoms with Crippen molar-refractivity contribution in [2.75, 3.05) is 20.8 Å². The molecule has 0 spiro atoms. The molecule has 1 atom stereocenters. The molecule has 0 fully saturated rings. The van der Waals surface area contributed by atoms with Gasteiger partial charge in [0.15, 0.2) is 23.3 Å². The van der Waals surface area contributed by atoms with Crippen LogP contribution in [-0.4, -0.2) is 46.2 Å². The van der Waals surface area contributed by atoms with Crippen LogP contribution in [0, 0.1) is 0 Å². The van der Waals surface area contributed by atoms with Crippen LogP contribution < -0.4 is 14.2 Å². The van der Waals surface area contributed by atoms with Gasteiger partial charge in [0.2, 0.25) is 0 Å². The van der Waals surface area contributed by atoms with E-state index in [9.17, 15) is 17.4 Å². The maximum absolute atomic E-state index is 12.7. The Labute approximate surface area is 160 Å². The molecular formula is C17H16F3N3O4S. The van der Waals surface area contributed by atoms with E-state index < -0.39 is 23.6 Å². The lowest BCUT2D eigenvalue weighted by atomic mass is 10.3. The number of aromatic nitrogens is 3. The lowest BCUT2D eigenvalue weighted by Crippen LogP contribution is -2.19. The maximum Gasteiger partial charge on any atom is 0.422 e. The van der Waals surface area contributed by atoms with Crippen molar-refractivity contribution < 1.29 is 31.6 Å². The molecule has 11 heteroatoms. The van der Waals surface area contributed by atoms with E-state index in [1.54, 1.807) is 0 Å². The number of alkyl halides is 3. The highest BCUT2D eigenvalue weighted by atomic mass is 32.2. The predicted molar refractivity (Wildman–Crippen MR) is 95.1 cm³/mol. The highest BCUT2D eigenvalue weighted by molar-refractivity contribution is 7.84. The van der Waals surface area contributed by atoms with Crippen molar-refractivity contribution in [1.82, 2.24) is 15.0 Å². The number of nitrogens with one attached hydrogen (secondary N) is 1. The van der Waals surface area contributed by atoms with Crippen molar-refractivity contribution in [3.8, 4) is 17.2 Å². The summed E-state index contributed by atoms with van der Waals surface area (Å²) < 4.78 is 64.7. The fourth-order valence-electron chi connectivity index (χ4n) is 2.49. The first-order valence-corrected chi connectivity index (χ1v) is 9.25. The molecule has 2 heterocycles. The van der Waals surface area contributed by atoms with Gasteiger partial charge in [-0.15, -0.1) is 0 Å². The third-order valence-electron chi connectivity index (χ3n) is 3.70. The number of hydrogen-bond acceptors (Lipinski definition) is 6. The van der Waals surface area contributed by atoms with Crippen LogP contribution in [-0.2, 0) is 16.6 Å². The number of halogens is 3. The molecule has 0 radical (unpaired) electrons. The molecular weight excluding hydrogens is 399 g/mol. The maximum atomic E-state index is 12.7. The largest absolute Gasteiger partial charge is 0.492 e. The minimum absolute atomic E-state index is 0.0319. The van der Waals surface area contributed by atoms with Crippen LogP contribution in [0.5, 0.6) is 17.2 Å². The molecule has 150 valence electrons. The monoisotopic (exact) mass is 415 g/mol. The number of methoxy groups -OCH3 is 2. The van der Waals surface area contributed by atoms with E-state index in [2.05, 4.69) is 15.0 Å². The standard InChI is InChI=1S/C17H16F3N3O4S/c1-25-14-7-21-6-10(15(14)26-2)8-28(24)16-22-12-4-3-11(5-13(12)23-16)27-9-17(18,19)20/h3-7H,8-9H2,1-2H3,(H,22,23). The van der Waals surface area contributed by atoms with Gasteiger partial charge in [0, 0.05) is 17.8 Å². The molecule has 0 aliphatic heterocycles. The molecule has 0 aliphatic rings. The van der Waals surface area contributed by atoms with E-state index in [1.807, 2.05) is 0 Å².